The van der Waals surface area contributed by atoms with Gasteiger partial charge in [-0.15, -0.1) is 10.2 Å². The summed E-state index contributed by atoms with van der Waals surface area (Å²) >= 11 is 6.09. The van der Waals surface area contributed by atoms with Crippen LogP contribution in [-0.4, -0.2) is 35.2 Å². The molecule has 0 bridgehead atoms. The van der Waals surface area contributed by atoms with Crippen molar-refractivity contribution in [3.05, 3.63) is 76.2 Å². The molecule has 1 aromatic carbocycles. The van der Waals surface area contributed by atoms with Crippen molar-refractivity contribution in [1.82, 2.24) is 24.1 Å². The molecular formula is C22H22ClFN6O2. The zero-order chi connectivity index (χ0) is 23.0. The van der Waals surface area contributed by atoms with Crippen molar-refractivity contribution in [1.29, 1.82) is 0 Å². The molecule has 0 aliphatic carbocycles. The second-order valence-corrected chi connectivity index (χ2v) is 8.21. The number of aryl methyl sites for hydroxylation is 1. The van der Waals surface area contributed by atoms with Gasteiger partial charge in [-0.25, -0.2) is 14.2 Å². The molecule has 0 saturated heterocycles. The first kappa shape index (κ1) is 21.8. The minimum absolute atomic E-state index is 0.0256. The van der Waals surface area contributed by atoms with Crippen LogP contribution in [0.1, 0.15) is 59.2 Å². The molecule has 4 aromatic rings. The number of carboxylic acids is 1. The number of aromatic carboxylic acids is 1. The normalized spacial score (nSPS) is 12.4. The fourth-order valence-electron chi connectivity index (χ4n) is 3.63. The lowest BCUT2D eigenvalue weighted by atomic mass is 10.1. The molecule has 0 fully saturated rings. The summed E-state index contributed by atoms with van der Waals surface area (Å²) in [6.07, 6.45) is 3.25. The average Bonchev–Trinajstić information content (AvgIpc) is 3.38. The first-order chi connectivity index (χ1) is 15.3. The molecule has 0 amide bonds. The van der Waals surface area contributed by atoms with E-state index in [0.29, 0.717) is 22.2 Å². The van der Waals surface area contributed by atoms with Crippen molar-refractivity contribution < 1.29 is 14.3 Å². The lowest BCUT2D eigenvalue weighted by molar-refractivity contribution is 0.0690. The number of fused-ring (bicyclic) bond motifs is 1. The van der Waals surface area contributed by atoms with Crippen LogP contribution in [0.3, 0.4) is 0 Å². The Hall–Kier alpha value is -3.46. The van der Waals surface area contributed by atoms with Crippen LogP contribution in [0, 0.1) is 6.92 Å². The Morgan fingerprint density at radius 3 is 2.56 bits per heavy atom. The van der Waals surface area contributed by atoms with Gasteiger partial charge in [0.15, 0.2) is 17.2 Å². The third-order valence-corrected chi connectivity index (χ3v) is 5.44. The summed E-state index contributed by atoms with van der Waals surface area (Å²) in [5, 5.41) is 21.5. The first-order valence-electron chi connectivity index (χ1n) is 10.0. The number of aromatic nitrogens is 5. The monoisotopic (exact) mass is 456 g/mol. The number of hydrogen-bond acceptors (Lipinski definition) is 5. The third kappa shape index (κ3) is 4.03. The Bertz CT molecular complexity index is 1280. The summed E-state index contributed by atoms with van der Waals surface area (Å²) in [7, 11) is 0. The fraction of sp³-hybridized carbons (Fsp3) is 0.273. The van der Waals surface area contributed by atoms with E-state index >= 15 is 0 Å². The van der Waals surface area contributed by atoms with E-state index in [9.17, 15) is 14.3 Å². The second-order valence-electron chi connectivity index (χ2n) is 7.77. The van der Waals surface area contributed by atoms with Crippen LogP contribution in [0.5, 0.6) is 0 Å². The van der Waals surface area contributed by atoms with Gasteiger partial charge in [0.25, 0.3) is 0 Å². The zero-order valence-electron chi connectivity index (χ0n) is 17.8. The molecule has 1 unspecified atom stereocenters. The Balaban J connectivity index is 1.86. The number of imidazole rings is 1. The van der Waals surface area contributed by atoms with Crippen LogP contribution in [0.4, 0.5) is 10.1 Å². The molecule has 1 atom stereocenters. The molecule has 8 nitrogen and oxygen atoms in total. The van der Waals surface area contributed by atoms with Gasteiger partial charge in [0.2, 0.25) is 0 Å². The van der Waals surface area contributed by atoms with E-state index < -0.39 is 18.7 Å². The van der Waals surface area contributed by atoms with Gasteiger partial charge in [0, 0.05) is 23.5 Å². The second kappa shape index (κ2) is 8.58. The SMILES string of the molecule is Cc1cc(NC(c2ccc(Cl)cc2)c2nc(C(=O)O)cn2C(C)C)cn2c(CF)nnc12. The van der Waals surface area contributed by atoms with Crippen molar-refractivity contribution in [2.75, 3.05) is 5.32 Å². The summed E-state index contributed by atoms with van der Waals surface area (Å²) in [5.74, 6) is -0.367. The van der Waals surface area contributed by atoms with E-state index in [1.54, 1.807) is 22.7 Å². The molecular weight excluding hydrogens is 435 g/mol. The van der Waals surface area contributed by atoms with E-state index in [0.717, 1.165) is 11.1 Å². The van der Waals surface area contributed by atoms with E-state index in [2.05, 4.69) is 20.5 Å². The number of carbonyl (C=O) groups is 1. The molecule has 32 heavy (non-hydrogen) atoms. The van der Waals surface area contributed by atoms with Crippen molar-refractivity contribution in [2.24, 2.45) is 0 Å². The maximum Gasteiger partial charge on any atom is 0.356 e. The van der Waals surface area contributed by atoms with Crippen molar-refractivity contribution in [3.8, 4) is 0 Å². The summed E-state index contributed by atoms with van der Waals surface area (Å²) in [5.41, 5.74) is 2.86. The summed E-state index contributed by atoms with van der Waals surface area (Å²) in [4.78, 5) is 16.0. The quantitative estimate of drug-likeness (QED) is 0.413. The van der Waals surface area contributed by atoms with Crippen molar-refractivity contribution >= 4 is 28.9 Å². The van der Waals surface area contributed by atoms with Crippen LogP contribution in [-0.2, 0) is 6.67 Å². The molecule has 166 valence electrons. The predicted octanol–water partition coefficient (Wildman–Crippen LogP) is 4.84. The number of carboxylic acid groups (broad SMARTS) is 1. The number of nitrogens with zero attached hydrogens (tertiary/aromatic N) is 5. The Morgan fingerprint density at radius 2 is 1.94 bits per heavy atom. The summed E-state index contributed by atoms with van der Waals surface area (Å²) in [6, 6.07) is 8.61. The number of alkyl halides is 1. The highest BCUT2D eigenvalue weighted by atomic mass is 35.5. The zero-order valence-corrected chi connectivity index (χ0v) is 18.5. The molecule has 0 aliphatic rings. The molecule has 3 heterocycles. The molecule has 0 saturated carbocycles. The van der Waals surface area contributed by atoms with E-state index in [4.69, 9.17) is 11.6 Å². The standard InChI is InChI=1S/C22H22ClFN6O2/c1-12(2)29-11-17(22(31)32)26-21(29)19(14-4-6-15(23)7-5-14)25-16-8-13(3)20-28-27-18(9-24)30(20)10-16/h4-8,10-12,19,25H,9H2,1-3H3,(H,31,32). The molecule has 3 aromatic heterocycles. The van der Waals surface area contributed by atoms with Crippen molar-refractivity contribution in [3.63, 3.8) is 0 Å². The lowest BCUT2D eigenvalue weighted by Gasteiger charge is -2.23. The van der Waals surface area contributed by atoms with Crippen LogP contribution >= 0.6 is 11.6 Å². The van der Waals surface area contributed by atoms with Gasteiger partial charge in [-0.3, -0.25) is 4.40 Å². The third-order valence-electron chi connectivity index (χ3n) is 5.19. The molecule has 0 spiro atoms. The Kier molecular flexibility index (Phi) is 5.84. The minimum atomic E-state index is -1.10. The van der Waals surface area contributed by atoms with Crippen LogP contribution < -0.4 is 5.32 Å². The Labute approximate surface area is 188 Å². The summed E-state index contributed by atoms with van der Waals surface area (Å²) in [6.45, 7) is 5.03. The van der Waals surface area contributed by atoms with E-state index in [1.807, 2.05) is 43.5 Å². The van der Waals surface area contributed by atoms with Crippen LogP contribution in [0.2, 0.25) is 5.02 Å². The molecule has 4 rings (SSSR count). The lowest BCUT2D eigenvalue weighted by Crippen LogP contribution is -2.19. The smallest absolute Gasteiger partial charge is 0.356 e. The maximum atomic E-state index is 13.4. The number of halogens is 2. The average molecular weight is 457 g/mol. The number of pyridine rings is 1. The van der Waals surface area contributed by atoms with Crippen LogP contribution in [0.15, 0.2) is 42.7 Å². The van der Waals surface area contributed by atoms with Gasteiger partial charge in [-0.05, 0) is 50.1 Å². The summed E-state index contributed by atoms with van der Waals surface area (Å²) < 4.78 is 16.8. The maximum absolute atomic E-state index is 13.4. The highest BCUT2D eigenvalue weighted by Crippen LogP contribution is 2.30. The highest BCUT2D eigenvalue weighted by Gasteiger charge is 2.25. The molecule has 10 heteroatoms. The number of hydrogen-bond donors (Lipinski definition) is 2. The number of benzene rings is 1. The van der Waals surface area contributed by atoms with Crippen molar-refractivity contribution in [2.45, 2.75) is 39.5 Å². The number of anilines is 1. The molecule has 2 N–H and O–H groups in total. The first-order valence-corrected chi connectivity index (χ1v) is 10.4. The fourth-order valence-corrected chi connectivity index (χ4v) is 3.76. The Morgan fingerprint density at radius 1 is 1.22 bits per heavy atom. The highest BCUT2D eigenvalue weighted by molar-refractivity contribution is 6.30. The number of nitrogens with one attached hydrogen (secondary N) is 1. The van der Waals surface area contributed by atoms with E-state index in [1.165, 1.54) is 6.20 Å². The molecule has 0 radical (unpaired) electrons. The van der Waals surface area contributed by atoms with Gasteiger partial charge in [0.05, 0.1) is 5.69 Å². The number of rotatable bonds is 7. The topological polar surface area (TPSA) is 97.3 Å². The van der Waals surface area contributed by atoms with Gasteiger partial charge < -0.3 is 15.0 Å². The molecule has 0 aliphatic heterocycles. The predicted molar refractivity (Wildman–Crippen MR) is 119 cm³/mol. The van der Waals surface area contributed by atoms with Gasteiger partial charge in [-0.1, -0.05) is 23.7 Å². The van der Waals surface area contributed by atoms with Crippen LogP contribution in [0.25, 0.3) is 5.65 Å². The van der Waals surface area contributed by atoms with Gasteiger partial charge in [-0.2, -0.15) is 0 Å². The largest absolute Gasteiger partial charge is 0.476 e. The van der Waals surface area contributed by atoms with Gasteiger partial charge in [0.1, 0.15) is 18.5 Å². The van der Waals surface area contributed by atoms with Gasteiger partial charge >= 0.3 is 5.97 Å². The van der Waals surface area contributed by atoms with E-state index in [-0.39, 0.29) is 17.6 Å². The minimum Gasteiger partial charge on any atom is -0.476 e.